The van der Waals surface area contributed by atoms with E-state index in [9.17, 15) is 0 Å². The second kappa shape index (κ2) is 7.22. The van der Waals surface area contributed by atoms with Crippen molar-refractivity contribution in [1.29, 1.82) is 5.26 Å². The Balaban J connectivity index is 1.72. The second-order valence-electron chi connectivity index (χ2n) is 6.05. The van der Waals surface area contributed by atoms with Crippen LogP contribution in [0.4, 0.5) is 11.5 Å². The summed E-state index contributed by atoms with van der Waals surface area (Å²) in [4.78, 5) is 13.0. The summed E-state index contributed by atoms with van der Waals surface area (Å²) in [7, 11) is 0. The molecule has 0 aliphatic rings. The first-order valence-electron chi connectivity index (χ1n) is 8.70. The summed E-state index contributed by atoms with van der Waals surface area (Å²) in [6.07, 6.45) is 6.87. The molecule has 0 aliphatic heterocycles. The molecule has 0 saturated carbocycles. The number of hydrogen-bond donors (Lipinski definition) is 1. The highest BCUT2D eigenvalue weighted by atomic mass is 15.3. The van der Waals surface area contributed by atoms with Crippen LogP contribution in [0.25, 0.3) is 16.9 Å². The highest BCUT2D eigenvalue weighted by Crippen LogP contribution is 2.25. The molecular weight excluding hydrogens is 338 g/mol. The highest BCUT2D eigenvalue weighted by molar-refractivity contribution is 5.73. The van der Waals surface area contributed by atoms with Crippen molar-refractivity contribution in [2.75, 3.05) is 5.32 Å². The van der Waals surface area contributed by atoms with E-state index in [4.69, 9.17) is 5.26 Å². The lowest BCUT2D eigenvalue weighted by Crippen LogP contribution is -2.04. The number of hydrogen-bond acceptors (Lipinski definition) is 6. The second-order valence-corrected chi connectivity index (χ2v) is 6.05. The molecule has 4 aromatic rings. The molecule has 3 aromatic heterocycles. The highest BCUT2D eigenvalue weighted by Gasteiger charge is 2.13. The third-order valence-electron chi connectivity index (χ3n) is 4.17. The molecule has 7 heteroatoms. The third-order valence-corrected chi connectivity index (χ3v) is 4.17. The van der Waals surface area contributed by atoms with E-state index in [0.29, 0.717) is 17.0 Å². The smallest absolute Gasteiger partial charge is 0.180 e. The number of aromatic nitrogens is 5. The fourth-order valence-corrected chi connectivity index (χ4v) is 2.95. The normalized spacial score (nSPS) is 10.7. The topological polar surface area (TPSA) is 92.3 Å². The Morgan fingerprint density at radius 2 is 2.04 bits per heavy atom. The number of fused-ring (bicyclic) bond motifs is 1. The van der Waals surface area contributed by atoms with Gasteiger partial charge in [0.05, 0.1) is 34.9 Å². The zero-order valence-corrected chi connectivity index (χ0v) is 14.8. The van der Waals surface area contributed by atoms with Gasteiger partial charge in [-0.2, -0.15) is 10.4 Å². The number of nitrogens with one attached hydrogen (secondary N) is 1. The summed E-state index contributed by atoms with van der Waals surface area (Å²) in [5.41, 5.74) is 4.73. The lowest BCUT2D eigenvalue weighted by Gasteiger charge is -2.10. The predicted octanol–water partition coefficient (Wildman–Crippen LogP) is 3.78. The van der Waals surface area contributed by atoms with E-state index in [0.717, 1.165) is 35.4 Å². The van der Waals surface area contributed by atoms with E-state index >= 15 is 0 Å². The lowest BCUT2D eigenvalue weighted by molar-refractivity contribution is 0.776. The van der Waals surface area contributed by atoms with E-state index in [1.807, 2.05) is 35.0 Å². The number of anilines is 2. The van der Waals surface area contributed by atoms with Gasteiger partial charge in [0, 0.05) is 12.4 Å². The first kappa shape index (κ1) is 16.7. The summed E-state index contributed by atoms with van der Waals surface area (Å²) in [5, 5.41) is 17.0. The molecule has 0 atom stereocenters. The Hall–Kier alpha value is -3.79. The fourth-order valence-electron chi connectivity index (χ4n) is 2.95. The van der Waals surface area contributed by atoms with Crippen molar-refractivity contribution in [2.24, 2.45) is 0 Å². The van der Waals surface area contributed by atoms with Gasteiger partial charge < -0.3 is 5.32 Å². The van der Waals surface area contributed by atoms with Gasteiger partial charge >= 0.3 is 0 Å². The molecule has 4 rings (SSSR count). The zero-order chi connectivity index (χ0) is 18.6. The maximum Gasteiger partial charge on any atom is 0.180 e. The van der Waals surface area contributed by atoms with Crippen LogP contribution in [0.15, 0.2) is 55.0 Å². The molecule has 0 bridgehead atoms. The summed E-state index contributed by atoms with van der Waals surface area (Å²) >= 11 is 0. The minimum atomic E-state index is 0.591. The van der Waals surface area contributed by atoms with Gasteiger partial charge in [0.1, 0.15) is 11.3 Å². The molecule has 1 N–H and O–H groups in total. The van der Waals surface area contributed by atoms with Crippen LogP contribution in [-0.2, 0) is 6.42 Å². The standard InChI is InChI=1S/C20H17N7/c1-2-4-18-17(13-24-27(18)15-6-3-5-14(11-15)12-21)25-19-8-7-16-20(26-19)23-10-9-22-16/h3,5-11,13H,2,4H2,1H3,(H,23,25,26). The van der Waals surface area contributed by atoms with Gasteiger partial charge in [-0.25, -0.2) is 14.6 Å². The first-order valence-corrected chi connectivity index (χ1v) is 8.70. The molecule has 27 heavy (non-hydrogen) atoms. The van der Waals surface area contributed by atoms with Crippen LogP contribution >= 0.6 is 0 Å². The van der Waals surface area contributed by atoms with Gasteiger partial charge in [-0.05, 0) is 36.8 Å². The molecule has 0 saturated heterocycles. The average Bonchev–Trinajstić information content (AvgIpc) is 3.10. The summed E-state index contributed by atoms with van der Waals surface area (Å²) in [6, 6.07) is 13.4. The molecule has 7 nitrogen and oxygen atoms in total. The van der Waals surface area contributed by atoms with Crippen molar-refractivity contribution in [3.8, 4) is 11.8 Å². The van der Waals surface area contributed by atoms with Crippen molar-refractivity contribution in [2.45, 2.75) is 19.8 Å². The summed E-state index contributed by atoms with van der Waals surface area (Å²) in [5.74, 6) is 0.686. The molecule has 1 aromatic carbocycles. The van der Waals surface area contributed by atoms with Crippen LogP contribution in [0.5, 0.6) is 0 Å². The Labute approximate surface area is 156 Å². The number of rotatable bonds is 5. The van der Waals surface area contributed by atoms with Gasteiger partial charge in [-0.3, -0.25) is 4.98 Å². The van der Waals surface area contributed by atoms with Crippen molar-refractivity contribution in [3.63, 3.8) is 0 Å². The molecule has 0 radical (unpaired) electrons. The van der Waals surface area contributed by atoms with E-state index < -0.39 is 0 Å². The minimum absolute atomic E-state index is 0.591. The number of pyridine rings is 1. The van der Waals surface area contributed by atoms with Gasteiger partial charge in [0.15, 0.2) is 5.65 Å². The number of benzene rings is 1. The van der Waals surface area contributed by atoms with Gasteiger partial charge in [-0.15, -0.1) is 0 Å². The molecule has 132 valence electrons. The largest absolute Gasteiger partial charge is 0.337 e. The third kappa shape index (κ3) is 3.33. The fraction of sp³-hybridized carbons (Fsp3) is 0.150. The number of nitrogens with zero attached hydrogens (tertiary/aromatic N) is 6. The Bertz CT molecular complexity index is 1140. The van der Waals surface area contributed by atoms with E-state index in [2.05, 4.69) is 38.4 Å². The molecule has 0 spiro atoms. The summed E-state index contributed by atoms with van der Waals surface area (Å²) < 4.78 is 1.87. The molecule has 0 aliphatic carbocycles. The first-order chi connectivity index (χ1) is 13.3. The van der Waals surface area contributed by atoms with Crippen molar-refractivity contribution in [3.05, 3.63) is 66.2 Å². The van der Waals surface area contributed by atoms with E-state index in [1.165, 1.54) is 0 Å². The van der Waals surface area contributed by atoms with Crippen LogP contribution < -0.4 is 5.32 Å². The van der Waals surface area contributed by atoms with Crippen molar-refractivity contribution < 1.29 is 0 Å². The van der Waals surface area contributed by atoms with E-state index in [1.54, 1.807) is 24.7 Å². The predicted molar refractivity (Wildman–Crippen MR) is 103 cm³/mol. The lowest BCUT2D eigenvalue weighted by atomic mass is 10.2. The summed E-state index contributed by atoms with van der Waals surface area (Å²) in [6.45, 7) is 2.12. The van der Waals surface area contributed by atoms with E-state index in [-0.39, 0.29) is 0 Å². The average molecular weight is 355 g/mol. The molecule has 0 amide bonds. The van der Waals surface area contributed by atoms with Crippen LogP contribution in [-0.4, -0.2) is 24.7 Å². The molecular formula is C20H17N7. The Morgan fingerprint density at radius 1 is 1.15 bits per heavy atom. The Morgan fingerprint density at radius 3 is 2.89 bits per heavy atom. The van der Waals surface area contributed by atoms with Gasteiger partial charge in [-0.1, -0.05) is 19.4 Å². The van der Waals surface area contributed by atoms with Crippen molar-refractivity contribution >= 4 is 22.7 Å². The number of nitriles is 1. The SMILES string of the molecule is CCCc1c(Nc2ccc3nccnc3n2)cnn1-c1cccc(C#N)c1. The maximum absolute atomic E-state index is 9.16. The van der Waals surface area contributed by atoms with Gasteiger partial charge in [0.25, 0.3) is 0 Å². The van der Waals surface area contributed by atoms with Crippen molar-refractivity contribution in [1.82, 2.24) is 24.7 Å². The monoisotopic (exact) mass is 355 g/mol. The van der Waals surface area contributed by atoms with Crippen LogP contribution in [0.3, 0.4) is 0 Å². The quantitative estimate of drug-likeness (QED) is 0.586. The van der Waals surface area contributed by atoms with Crippen LogP contribution in [0.1, 0.15) is 24.6 Å². The van der Waals surface area contributed by atoms with Gasteiger partial charge in [0.2, 0.25) is 0 Å². The zero-order valence-electron chi connectivity index (χ0n) is 14.8. The Kier molecular flexibility index (Phi) is 4.45. The van der Waals surface area contributed by atoms with Crippen LogP contribution in [0, 0.1) is 11.3 Å². The molecule has 3 heterocycles. The maximum atomic E-state index is 9.16. The molecule has 0 unspecified atom stereocenters. The van der Waals surface area contributed by atoms with Crippen LogP contribution in [0.2, 0.25) is 0 Å². The molecule has 0 fully saturated rings. The minimum Gasteiger partial charge on any atom is -0.337 e.